The number of imidazole rings is 1. The van der Waals surface area contributed by atoms with E-state index in [-0.39, 0.29) is 0 Å². The summed E-state index contributed by atoms with van der Waals surface area (Å²) in [6.07, 6.45) is 13.9. The van der Waals surface area contributed by atoms with E-state index < -0.39 is 0 Å². The lowest BCUT2D eigenvalue weighted by Crippen LogP contribution is -1.90. The van der Waals surface area contributed by atoms with Crippen LogP contribution in [0.5, 0.6) is 0 Å². The van der Waals surface area contributed by atoms with Gasteiger partial charge < -0.3 is 4.57 Å². The van der Waals surface area contributed by atoms with E-state index in [4.69, 9.17) is 0 Å². The predicted molar refractivity (Wildman–Crippen MR) is 50.3 cm³/mol. The Morgan fingerprint density at radius 1 is 1.25 bits per heavy atom. The Hall–Kier alpha value is -1.57. The molecule has 60 valence electrons. The van der Waals surface area contributed by atoms with Crippen LogP contribution in [0.25, 0.3) is 12.3 Å². The van der Waals surface area contributed by atoms with Gasteiger partial charge in [-0.1, -0.05) is 18.2 Å². The summed E-state index contributed by atoms with van der Waals surface area (Å²) in [6, 6.07) is 0. The van der Waals surface area contributed by atoms with Gasteiger partial charge in [-0.25, -0.2) is 4.98 Å². The van der Waals surface area contributed by atoms with E-state index in [1.807, 2.05) is 29.0 Å². The predicted octanol–water partition coefficient (Wildman–Crippen LogP) is 2.33. The molecule has 1 aromatic heterocycles. The Bertz CT molecular complexity index is 367. The molecule has 2 heteroatoms. The van der Waals surface area contributed by atoms with E-state index in [1.54, 1.807) is 6.20 Å². The second kappa shape index (κ2) is 2.81. The lowest BCUT2D eigenvalue weighted by molar-refractivity contribution is 1.09. The summed E-state index contributed by atoms with van der Waals surface area (Å²) in [5, 5.41) is 0. The fourth-order valence-electron chi connectivity index (χ4n) is 1.17. The van der Waals surface area contributed by atoms with Gasteiger partial charge in [-0.15, -0.1) is 0 Å². The average molecular weight is 158 g/mol. The molecule has 2 rings (SSSR count). The van der Waals surface area contributed by atoms with Gasteiger partial charge in [0.05, 0.1) is 0 Å². The van der Waals surface area contributed by atoms with Crippen molar-refractivity contribution in [1.29, 1.82) is 0 Å². The molecule has 1 aromatic rings. The molecule has 0 unspecified atom stereocenters. The summed E-state index contributed by atoms with van der Waals surface area (Å²) >= 11 is 0. The van der Waals surface area contributed by atoms with E-state index in [9.17, 15) is 0 Å². The van der Waals surface area contributed by atoms with Crippen LogP contribution in [0.15, 0.2) is 36.2 Å². The smallest absolute Gasteiger partial charge is 0.136 e. The Balaban J connectivity index is 2.55. The third kappa shape index (κ3) is 1.23. The molecule has 0 N–H and O–H groups in total. The Morgan fingerprint density at radius 3 is 3.00 bits per heavy atom. The first-order chi connectivity index (χ1) is 5.86. The fraction of sp³-hybridized carbons (Fsp3) is 0.100. The highest BCUT2D eigenvalue weighted by molar-refractivity contribution is 5.52. The van der Waals surface area contributed by atoms with E-state index in [2.05, 4.69) is 24.2 Å². The first kappa shape index (κ1) is 7.10. The molecule has 0 atom stereocenters. The second-order valence-electron chi connectivity index (χ2n) is 2.78. The molecule has 0 fully saturated rings. The van der Waals surface area contributed by atoms with Gasteiger partial charge in [0.1, 0.15) is 5.82 Å². The SMILES string of the molecule is CC1=Cn2ccnc2C=CC=C1. The van der Waals surface area contributed by atoms with Crippen molar-refractivity contribution in [3.8, 4) is 0 Å². The minimum Gasteiger partial charge on any atom is -0.307 e. The molecule has 2 nitrogen and oxygen atoms in total. The molecule has 0 aliphatic carbocycles. The third-order valence-corrected chi connectivity index (χ3v) is 1.76. The topological polar surface area (TPSA) is 17.8 Å². The van der Waals surface area contributed by atoms with Crippen molar-refractivity contribution in [1.82, 2.24) is 9.55 Å². The van der Waals surface area contributed by atoms with Crippen LogP contribution in [0.2, 0.25) is 0 Å². The number of fused-ring (bicyclic) bond motifs is 1. The highest BCUT2D eigenvalue weighted by atomic mass is 15.0. The van der Waals surface area contributed by atoms with Crippen molar-refractivity contribution in [2.24, 2.45) is 0 Å². The molecule has 12 heavy (non-hydrogen) atoms. The number of rotatable bonds is 0. The molecule has 0 spiro atoms. The Morgan fingerprint density at radius 2 is 2.08 bits per heavy atom. The first-order valence-electron chi connectivity index (χ1n) is 3.92. The summed E-state index contributed by atoms with van der Waals surface area (Å²) in [7, 11) is 0. The number of hydrogen-bond donors (Lipinski definition) is 0. The molecule has 1 aliphatic heterocycles. The monoisotopic (exact) mass is 158 g/mol. The van der Waals surface area contributed by atoms with Crippen LogP contribution >= 0.6 is 0 Å². The minimum atomic E-state index is 0.971. The maximum atomic E-state index is 4.19. The maximum absolute atomic E-state index is 4.19. The summed E-state index contributed by atoms with van der Waals surface area (Å²) in [5.41, 5.74) is 1.22. The molecule has 0 saturated carbocycles. The lowest BCUT2D eigenvalue weighted by atomic mass is 10.2. The minimum absolute atomic E-state index is 0.971. The van der Waals surface area contributed by atoms with Crippen LogP contribution in [0, 0.1) is 0 Å². The molecule has 0 saturated heterocycles. The first-order valence-corrected chi connectivity index (χ1v) is 3.92. The van der Waals surface area contributed by atoms with Crippen molar-refractivity contribution in [2.75, 3.05) is 0 Å². The number of aromatic nitrogens is 2. The van der Waals surface area contributed by atoms with Crippen LogP contribution in [0.4, 0.5) is 0 Å². The maximum Gasteiger partial charge on any atom is 0.136 e. The molecular formula is C10H10N2. The van der Waals surface area contributed by atoms with Gasteiger partial charge in [0, 0.05) is 18.6 Å². The zero-order chi connectivity index (χ0) is 8.39. The Labute approximate surface area is 71.6 Å². The van der Waals surface area contributed by atoms with Crippen molar-refractivity contribution in [3.05, 3.63) is 42.0 Å². The van der Waals surface area contributed by atoms with Gasteiger partial charge in [-0.2, -0.15) is 0 Å². The summed E-state index contributed by atoms with van der Waals surface area (Å²) in [6.45, 7) is 2.07. The van der Waals surface area contributed by atoms with Gasteiger partial charge in [-0.3, -0.25) is 0 Å². The second-order valence-corrected chi connectivity index (χ2v) is 2.78. The number of hydrogen-bond acceptors (Lipinski definition) is 1. The zero-order valence-electron chi connectivity index (χ0n) is 6.94. The van der Waals surface area contributed by atoms with Crippen molar-refractivity contribution >= 4 is 12.3 Å². The van der Waals surface area contributed by atoms with E-state index in [0.717, 1.165) is 5.82 Å². The van der Waals surface area contributed by atoms with Crippen LogP contribution in [-0.4, -0.2) is 9.55 Å². The summed E-state index contributed by atoms with van der Waals surface area (Å²) in [4.78, 5) is 4.19. The quantitative estimate of drug-likeness (QED) is 0.566. The third-order valence-electron chi connectivity index (χ3n) is 1.76. The van der Waals surface area contributed by atoms with E-state index in [0.29, 0.717) is 0 Å². The Kier molecular flexibility index (Phi) is 1.67. The molecule has 0 radical (unpaired) electrons. The van der Waals surface area contributed by atoms with Crippen LogP contribution in [-0.2, 0) is 0 Å². The molecule has 0 aromatic carbocycles. The zero-order valence-corrected chi connectivity index (χ0v) is 6.94. The molecule has 0 amide bonds. The normalized spacial score (nSPS) is 14.9. The average Bonchev–Trinajstić information content (AvgIpc) is 2.42. The van der Waals surface area contributed by atoms with E-state index >= 15 is 0 Å². The van der Waals surface area contributed by atoms with Gasteiger partial charge in [-0.05, 0) is 18.6 Å². The fourth-order valence-corrected chi connectivity index (χ4v) is 1.17. The van der Waals surface area contributed by atoms with Gasteiger partial charge in [0.2, 0.25) is 0 Å². The molecule has 1 aliphatic rings. The van der Waals surface area contributed by atoms with Crippen molar-refractivity contribution in [2.45, 2.75) is 6.92 Å². The highest BCUT2D eigenvalue weighted by Crippen LogP contribution is 2.08. The van der Waals surface area contributed by atoms with Crippen LogP contribution < -0.4 is 0 Å². The number of allylic oxidation sites excluding steroid dienone is 4. The molecule has 2 heterocycles. The summed E-state index contributed by atoms with van der Waals surface area (Å²) in [5.74, 6) is 0.971. The van der Waals surface area contributed by atoms with Crippen molar-refractivity contribution in [3.63, 3.8) is 0 Å². The van der Waals surface area contributed by atoms with Gasteiger partial charge in [0.15, 0.2) is 0 Å². The van der Waals surface area contributed by atoms with Crippen LogP contribution in [0.1, 0.15) is 12.7 Å². The van der Waals surface area contributed by atoms with Crippen molar-refractivity contribution < 1.29 is 0 Å². The number of nitrogens with zero attached hydrogens (tertiary/aromatic N) is 2. The highest BCUT2D eigenvalue weighted by Gasteiger charge is 1.96. The molecule has 0 bridgehead atoms. The summed E-state index contributed by atoms with van der Waals surface area (Å²) < 4.78 is 2.01. The van der Waals surface area contributed by atoms with Gasteiger partial charge in [0.25, 0.3) is 0 Å². The van der Waals surface area contributed by atoms with E-state index in [1.165, 1.54) is 5.57 Å². The standard InChI is InChI=1S/C10H10N2/c1-9-4-2-3-5-10-11-6-7-12(10)8-9/h2-8H,1H3. The lowest BCUT2D eigenvalue weighted by Gasteiger charge is -2.00. The largest absolute Gasteiger partial charge is 0.307 e. The van der Waals surface area contributed by atoms with Crippen LogP contribution in [0.3, 0.4) is 0 Å². The van der Waals surface area contributed by atoms with Gasteiger partial charge >= 0.3 is 0 Å². The molecular weight excluding hydrogens is 148 g/mol.